The molecular weight excluding hydrogens is 258 g/mol. The Morgan fingerprint density at radius 1 is 1.32 bits per heavy atom. The third-order valence-corrected chi connectivity index (χ3v) is 3.56. The molecule has 0 bridgehead atoms. The fraction of sp³-hybridized carbons (Fsp3) is 0.500. The molecule has 0 unspecified atom stereocenters. The Labute approximate surface area is 120 Å². The monoisotopic (exact) mass is 279 g/mol. The van der Waals surface area contributed by atoms with Crippen LogP contribution in [0.2, 0.25) is 5.02 Å². The standard InChI is InChI=1S/C16H22ClNO/c1-5-6-18-9-14-15(10(2)3)13-8-12(17)7-11(4)16(13)19-14/h7-8,10,18H,5-6,9H2,1-4H3. The molecule has 1 aromatic carbocycles. The molecule has 2 aromatic rings. The molecule has 1 heterocycles. The Morgan fingerprint density at radius 3 is 2.68 bits per heavy atom. The molecule has 104 valence electrons. The van der Waals surface area contributed by atoms with Crippen molar-refractivity contribution in [3.63, 3.8) is 0 Å². The zero-order valence-corrected chi connectivity index (χ0v) is 12.9. The van der Waals surface area contributed by atoms with Gasteiger partial charge < -0.3 is 9.73 Å². The van der Waals surface area contributed by atoms with Crippen molar-refractivity contribution >= 4 is 22.6 Å². The summed E-state index contributed by atoms with van der Waals surface area (Å²) in [5, 5.41) is 5.35. The van der Waals surface area contributed by atoms with Gasteiger partial charge in [0.05, 0.1) is 6.54 Å². The minimum Gasteiger partial charge on any atom is -0.459 e. The number of benzene rings is 1. The number of rotatable bonds is 5. The summed E-state index contributed by atoms with van der Waals surface area (Å²) >= 11 is 6.18. The molecule has 0 amide bonds. The van der Waals surface area contributed by atoms with Gasteiger partial charge in [-0.3, -0.25) is 0 Å². The van der Waals surface area contributed by atoms with Crippen LogP contribution in [0.5, 0.6) is 0 Å². The van der Waals surface area contributed by atoms with Crippen molar-refractivity contribution < 1.29 is 4.42 Å². The van der Waals surface area contributed by atoms with Crippen molar-refractivity contribution in [2.75, 3.05) is 6.54 Å². The van der Waals surface area contributed by atoms with Crippen molar-refractivity contribution in [1.82, 2.24) is 5.32 Å². The van der Waals surface area contributed by atoms with E-state index >= 15 is 0 Å². The van der Waals surface area contributed by atoms with Gasteiger partial charge in [0.2, 0.25) is 0 Å². The van der Waals surface area contributed by atoms with E-state index in [0.29, 0.717) is 5.92 Å². The third kappa shape index (κ3) is 2.96. The summed E-state index contributed by atoms with van der Waals surface area (Å²) < 4.78 is 6.07. The van der Waals surface area contributed by atoms with Gasteiger partial charge in [-0.2, -0.15) is 0 Å². The highest BCUT2D eigenvalue weighted by molar-refractivity contribution is 6.31. The van der Waals surface area contributed by atoms with E-state index in [4.69, 9.17) is 16.0 Å². The minimum atomic E-state index is 0.428. The summed E-state index contributed by atoms with van der Waals surface area (Å²) in [5.74, 6) is 1.47. The number of aryl methyl sites for hydroxylation is 1. The molecule has 0 saturated heterocycles. The van der Waals surface area contributed by atoms with Gasteiger partial charge in [0.15, 0.2) is 0 Å². The Kier molecular flexibility index (Phi) is 4.54. The average Bonchev–Trinajstić information content (AvgIpc) is 2.68. The molecule has 2 nitrogen and oxygen atoms in total. The fourth-order valence-corrected chi connectivity index (χ4v) is 2.81. The van der Waals surface area contributed by atoms with E-state index in [2.05, 4.69) is 26.1 Å². The Balaban J connectivity index is 2.51. The second-order valence-corrected chi connectivity index (χ2v) is 5.81. The highest BCUT2D eigenvalue weighted by Crippen LogP contribution is 2.35. The van der Waals surface area contributed by atoms with Gasteiger partial charge in [-0.25, -0.2) is 0 Å². The Hall–Kier alpha value is -0.990. The summed E-state index contributed by atoms with van der Waals surface area (Å²) in [5.41, 5.74) is 3.36. The maximum Gasteiger partial charge on any atom is 0.137 e. The lowest BCUT2D eigenvalue weighted by atomic mass is 9.98. The van der Waals surface area contributed by atoms with Gasteiger partial charge in [-0.1, -0.05) is 32.4 Å². The molecule has 2 rings (SSSR count). The average molecular weight is 280 g/mol. The molecule has 19 heavy (non-hydrogen) atoms. The molecule has 0 spiro atoms. The first-order valence-corrected chi connectivity index (χ1v) is 7.34. The van der Waals surface area contributed by atoms with Crippen LogP contribution in [0.25, 0.3) is 11.0 Å². The fourth-order valence-electron chi connectivity index (χ4n) is 2.54. The first-order valence-electron chi connectivity index (χ1n) is 6.96. The molecule has 3 heteroatoms. The van der Waals surface area contributed by atoms with Gasteiger partial charge in [-0.05, 0) is 43.5 Å². The van der Waals surface area contributed by atoms with Gasteiger partial charge >= 0.3 is 0 Å². The second kappa shape index (κ2) is 5.98. The Morgan fingerprint density at radius 2 is 2.05 bits per heavy atom. The van der Waals surface area contributed by atoms with Crippen LogP contribution in [0.15, 0.2) is 16.5 Å². The molecule has 0 aliphatic carbocycles. The van der Waals surface area contributed by atoms with Gasteiger partial charge in [0.25, 0.3) is 0 Å². The van der Waals surface area contributed by atoms with E-state index in [0.717, 1.165) is 46.8 Å². The highest BCUT2D eigenvalue weighted by atomic mass is 35.5. The Bertz CT molecular complexity index is 572. The SMILES string of the molecule is CCCNCc1oc2c(C)cc(Cl)cc2c1C(C)C. The number of hydrogen-bond acceptors (Lipinski definition) is 2. The number of hydrogen-bond donors (Lipinski definition) is 1. The van der Waals surface area contributed by atoms with Crippen LogP contribution in [0, 0.1) is 6.92 Å². The lowest BCUT2D eigenvalue weighted by Gasteiger charge is -2.07. The van der Waals surface area contributed by atoms with Crippen LogP contribution in [-0.2, 0) is 6.54 Å². The molecule has 0 aliphatic heterocycles. The van der Waals surface area contributed by atoms with E-state index in [1.165, 1.54) is 5.56 Å². The van der Waals surface area contributed by atoms with E-state index in [9.17, 15) is 0 Å². The summed E-state index contributed by atoms with van der Waals surface area (Å²) in [7, 11) is 0. The largest absolute Gasteiger partial charge is 0.459 e. The van der Waals surface area contributed by atoms with E-state index < -0.39 is 0 Å². The van der Waals surface area contributed by atoms with E-state index in [1.54, 1.807) is 0 Å². The van der Waals surface area contributed by atoms with Crippen molar-refractivity contribution in [2.45, 2.75) is 46.6 Å². The normalized spacial score (nSPS) is 11.7. The third-order valence-electron chi connectivity index (χ3n) is 3.34. The number of nitrogens with one attached hydrogen (secondary N) is 1. The van der Waals surface area contributed by atoms with Gasteiger partial charge in [-0.15, -0.1) is 0 Å². The maximum atomic E-state index is 6.18. The number of fused-ring (bicyclic) bond motifs is 1. The number of halogens is 1. The lowest BCUT2D eigenvalue weighted by Crippen LogP contribution is -2.14. The molecule has 1 N–H and O–H groups in total. The highest BCUT2D eigenvalue weighted by Gasteiger charge is 2.18. The molecule has 1 aromatic heterocycles. The molecule has 0 aliphatic rings. The van der Waals surface area contributed by atoms with Crippen LogP contribution >= 0.6 is 11.6 Å². The van der Waals surface area contributed by atoms with Crippen molar-refractivity contribution in [2.24, 2.45) is 0 Å². The first kappa shape index (κ1) is 14.4. The van der Waals surface area contributed by atoms with Crippen LogP contribution < -0.4 is 5.32 Å². The quantitative estimate of drug-likeness (QED) is 0.778. The van der Waals surface area contributed by atoms with E-state index in [-0.39, 0.29) is 0 Å². The van der Waals surface area contributed by atoms with Gasteiger partial charge in [0.1, 0.15) is 11.3 Å². The summed E-state index contributed by atoms with van der Waals surface area (Å²) in [6.07, 6.45) is 1.13. The minimum absolute atomic E-state index is 0.428. The van der Waals surface area contributed by atoms with Crippen LogP contribution in [0.1, 0.15) is 50.0 Å². The smallest absolute Gasteiger partial charge is 0.137 e. The first-order chi connectivity index (χ1) is 9.04. The summed E-state index contributed by atoms with van der Waals surface area (Å²) in [6, 6.07) is 3.98. The molecule has 0 saturated carbocycles. The molecule has 0 radical (unpaired) electrons. The van der Waals surface area contributed by atoms with Crippen LogP contribution in [0.4, 0.5) is 0 Å². The van der Waals surface area contributed by atoms with Crippen molar-refractivity contribution in [3.05, 3.63) is 34.0 Å². The van der Waals surface area contributed by atoms with Crippen molar-refractivity contribution in [1.29, 1.82) is 0 Å². The second-order valence-electron chi connectivity index (χ2n) is 5.37. The number of furan rings is 1. The predicted octanol–water partition coefficient (Wildman–Crippen LogP) is 5.02. The predicted molar refractivity (Wildman–Crippen MR) is 82.0 cm³/mol. The van der Waals surface area contributed by atoms with Gasteiger partial charge in [0, 0.05) is 16.0 Å². The molecular formula is C16H22ClNO. The molecule has 0 fully saturated rings. The van der Waals surface area contributed by atoms with Crippen LogP contribution in [-0.4, -0.2) is 6.54 Å². The summed E-state index contributed by atoms with van der Waals surface area (Å²) in [4.78, 5) is 0. The molecule has 0 atom stereocenters. The topological polar surface area (TPSA) is 25.2 Å². The maximum absolute atomic E-state index is 6.18. The van der Waals surface area contributed by atoms with Crippen LogP contribution in [0.3, 0.4) is 0 Å². The zero-order chi connectivity index (χ0) is 14.0. The zero-order valence-electron chi connectivity index (χ0n) is 12.1. The van der Waals surface area contributed by atoms with E-state index in [1.807, 2.05) is 19.1 Å². The summed E-state index contributed by atoms with van der Waals surface area (Å²) in [6.45, 7) is 10.4. The lowest BCUT2D eigenvalue weighted by molar-refractivity contribution is 0.503. The van der Waals surface area contributed by atoms with Crippen molar-refractivity contribution in [3.8, 4) is 0 Å².